The summed E-state index contributed by atoms with van der Waals surface area (Å²) in [6.07, 6.45) is 0. The largest absolute Gasteiger partial charge is 0.459 e. The van der Waals surface area contributed by atoms with Gasteiger partial charge in [0.1, 0.15) is 11.3 Å². The van der Waals surface area contributed by atoms with Crippen molar-refractivity contribution in [3.8, 4) is 0 Å². The molecule has 0 radical (unpaired) electrons. The number of guanidine groups is 1. The molecule has 0 saturated heterocycles. The van der Waals surface area contributed by atoms with E-state index in [1.54, 1.807) is 18.4 Å². The molecule has 120 valence electrons. The number of hydrogen-bond acceptors (Lipinski definition) is 3. The van der Waals surface area contributed by atoms with Gasteiger partial charge in [-0.1, -0.05) is 25.1 Å². The number of nitrogens with one attached hydrogen (secondary N) is 2. The Morgan fingerprint density at radius 1 is 1.26 bits per heavy atom. The van der Waals surface area contributed by atoms with Crippen LogP contribution in [-0.4, -0.2) is 19.6 Å². The van der Waals surface area contributed by atoms with Crippen LogP contribution < -0.4 is 10.6 Å². The Kier molecular flexibility index (Phi) is 4.98. The van der Waals surface area contributed by atoms with E-state index in [9.17, 15) is 0 Å². The van der Waals surface area contributed by atoms with Gasteiger partial charge in [-0.15, -0.1) is 0 Å². The van der Waals surface area contributed by atoms with E-state index in [-0.39, 0.29) is 0 Å². The lowest BCUT2D eigenvalue weighted by atomic mass is 10.1. The molecule has 2 aromatic heterocycles. The maximum atomic E-state index is 5.80. The lowest BCUT2D eigenvalue weighted by Crippen LogP contribution is -2.38. The lowest BCUT2D eigenvalue weighted by molar-refractivity contribution is 0.538. The fourth-order valence-electron chi connectivity index (χ4n) is 2.44. The van der Waals surface area contributed by atoms with Gasteiger partial charge in [0.25, 0.3) is 0 Å². The van der Waals surface area contributed by atoms with Gasteiger partial charge in [-0.3, -0.25) is 4.99 Å². The van der Waals surface area contributed by atoms with Crippen molar-refractivity contribution in [2.24, 2.45) is 4.99 Å². The minimum Gasteiger partial charge on any atom is -0.459 e. The Hall–Kier alpha value is -2.27. The molecule has 0 saturated carbocycles. The summed E-state index contributed by atoms with van der Waals surface area (Å²) in [6, 6.07) is 12.3. The quantitative estimate of drug-likeness (QED) is 0.551. The maximum Gasteiger partial charge on any atom is 0.191 e. The molecule has 1 aromatic carbocycles. The number of furan rings is 1. The zero-order valence-electron chi connectivity index (χ0n) is 13.4. The Labute approximate surface area is 140 Å². The Bertz CT molecular complexity index is 744. The third kappa shape index (κ3) is 3.93. The van der Waals surface area contributed by atoms with E-state index in [0.29, 0.717) is 12.5 Å². The molecule has 23 heavy (non-hydrogen) atoms. The third-order valence-electron chi connectivity index (χ3n) is 3.82. The van der Waals surface area contributed by atoms with Crippen molar-refractivity contribution in [3.05, 3.63) is 58.5 Å². The van der Waals surface area contributed by atoms with Crippen LogP contribution in [-0.2, 0) is 6.54 Å². The molecular weight excluding hydrogens is 306 g/mol. The highest BCUT2D eigenvalue weighted by atomic mass is 32.1. The van der Waals surface area contributed by atoms with Gasteiger partial charge in [0.2, 0.25) is 0 Å². The van der Waals surface area contributed by atoms with Gasteiger partial charge in [0, 0.05) is 19.0 Å². The van der Waals surface area contributed by atoms with E-state index in [1.165, 1.54) is 5.56 Å². The monoisotopic (exact) mass is 327 g/mol. The van der Waals surface area contributed by atoms with Crippen molar-refractivity contribution in [2.75, 3.05) is 13.6 Å². The van der Waals surface area contributed by atoms with Crippen LogP contribution in [0.3, 0.4) is 0 Å². The third-order valence-corrected chi connectivity index (χ3v) is 4.52. The molecule has 0 amide bonds. The Balaban J connectivity index is 1.53. The zero-order chi connectivity index (χ0) is 16.1. The predicted octanol–water partition coefficient (Wildman–Crippen LogP) is 3.96. The van der Waals surface area contributed by atoms with Crippen molar-refractivity contribution in [1.82, 2.24) is 10.6 Å². The van der Waals surface area contributed by atoms with E-state index >= 15 is 0 Å². The van der Waals surface area contributed by atoms with Crippen LogP contribution in [0, 0.1) is 0 Å². The Morgan fingerprint density at radius 3 is 2.87 bits per heavy atom. The standard InChI is InChI=1S/C18H21N3OS/c1-13(15-7-8-23-12-15)10-20-18(19-2)21-11-16-9-14-5-3-4-6-17(14)22-16/h3-9,12-13H,10-11H2,1-2H3,(H2,19,20,21). The molecule has 0 bridgehead atoms. The molecule has 1 unspecified atom stereocenters. The molecule has 0 aliphatic heterocycles. The van der Waals surface area contributed by atoms with Crippen molar-refractivity contribution >= 4 is 28.3 Å². The minimum absolute atomic E-state index is 0.450. The summed E-state index contributed by atoms with van der Waals surface area (Å²) in [7, 11) is 1.78. The molecule has 4 nitrogen and oxygen atoms in total. The van der Waals surface area contributed by atoms with Gasteiger partial charge in [0.15, 0.2) is 5.96 Å². The van der Waals surface area contributed by atoms with Crippen molar-refractivity contribution < 1.29 is 4.42 Å². The highest BCUT2D eigenvalue weighted by Gasteiger charge is 2.08. The average molecular weight is 327 g/mol. The van der Waals surface area contributed by atoms with E-state index in [0.717, 1.165) is 29.2 Å². The van der Waals surface area contributed by atoms with Gasteiger partial charge < -0.3 is 15.1 Å². The first-order valence-electron chi connectivity index (χ1n) is 7.70. The van der Waals surface area contributed by atoms with Crippen LogP contribution >= 0.6 is 11.3 Å². The summed E-state index contributed by atoms with van der Waals surface area (Å²) in [4.78, 5) is 4.27. The van der Waals surface area contributed by atoms with Crippen molar-refractivity contribution in [3.63, 3.8) is 0 Å². The van der Waals surface area contributed by atoms with Gasteiger partial charge in [0.05, 0.1) is 6.54 Å². The molecular formula is C18H21N3OS. The van der Waals surface area contributed by atoms with Crippen LogP contribution in [0.15, 0.2) is 56.6 Å². The zero-order valence-corrected chi connectivity index (χ0v) is 14.2. The minimum atomic E-state index is 0.450. The first-order chi connectivity index (χ1) is 11.3. The van der Waals surface area contributed by atoms with E-state index in [4.69, 9.17) is 4.42 Å². The molecule has 0 fully saturated rings. The van der Waals surface area contributed by atoms with Crippen LogP contribution in [0.5, 0.6) is 0 Å². The Morgan fingerprint density at radius 2 is 2.13 bits per heavy atom. The summed E-state index contributed by atoms with van der Waals surface area (Å²) in [5, 5.41) is 12.1. The molecule has 2 heterocycles. The number of nitrogens with zero attached hydrogens (tertiary/aromatic N) is 1. The van der Waals surface area contributed by atoms with Crippen LogP contribution in [0.4, 0.5) is 0 Å². The highest BCUT2D eigenvalue weighted by Crippen LogP contribution is 2.19. The van der Waals surface area contributed by atoms with Crippen LogP contribution in [0.2, 0.25) is 0 Å². The normalized spacial score (nSPS) is 13.2. The molecule has 0 spiro atoms. The summed E-state index contributed by atoms with van der Waals surface area (Å²) in [6.45, 7) is 3.67. The van der Waals surface area contributed by atoms with Gasteiger partial charge in [-0.05, 0) is 40.4 Å². The number of benzene rings is 1. The average Bonchev–Trinajstić information content (AvgIpc) is 3.24. The first-order valence-corrected chi connectivity index (χ1v) is 8.64. The molecule has 2 N–H and O–H groups in total. The topological polar surface area (TPSA) is 49.6 Å². The van der Waals surface area contributed by atoms with Crippen molar-refractivity contribution in [2.45, 2.75) is 19.4 Å². The molecule has 3 rings (SSSR count). The smallest absolute Gasteiger partial charge is 0.191 e. The molecule has 1 atom stereocenters. The highest BCUT2D eigenvalue weighted by molar-refractivity contribution is 7.07. The number of para-hydroxylation sites is 1. The second-order valence-electron chi connectivity index (χ2n) is 5.51. The van der Waals surface area contributed by atoms with Gasteiger partial charge in [-0.2, -0.15) is 11.3 Å². The number of hydrogen-bond donors (Lipinski definition) is 2. The van der Waals surface area contributed by atoms with Crippen molar-refractivity contribution in [1.29, 1.82) is 0 Å². The second kappa shape index (κ2) is 7.33. The molecule has 3 aromatic rings. The molecule has 0 aliphatic rings. The lowest BCUT2D eigenvalue weighted by Gasteiger charge is -2.14. The summed E-state index contributed by atoms with van der Waals surface area (Å²) in [5.74, 6) is 2.14. The van der Waals surface area contributed by atoms with E-state index in [2.05, 4.69) is 51.5 Å². The molecule has 5 heteroatoms. The van der Waals surface area contributed by atoms with Gasteiger partial charge in [-0.25, -0.2) is 0 Å². The number of rotatable bonds is 5. The number of fused-ring (bicyclic) bond motifs is 1. The fourth-order valence-corrected chi connectivity index (χ4v) is 3.22. The van der Waals surface area contributed by atoms with E-state index < -0.39 is 0 Å². The fraction of sp³-hybridized carbons (Fsp3) is 0.278. The van der Waals surface area contributed by atoms with E-state index in [1.807, 2.05) is 18.2 Å². The summed E-state index contributed by atoms with van der Waals surface area (Å²) >= 11 is 1.73. The second-order valence-corrected chi connectivity index (χ2v) is 6.29. The molecule has 0 aliphatic carbocycles. The van der Waals surface area contributed by atoms with Crippen LogP contribution in [0.25, 0.3) is 11.0 Å². The number of aliphatic imine (C=N–C) groups is 1. The maximum absolute atomic E-state index is 5.80. The van der Waals surface area contributed by atoms with Gasteiger partial charge >= 0.3 is 0 Å². The predicted molar refractivity (Wildman–Crippen MR) is 97.1 cm³/mol. The SMILES string of the molecule is CN=C(NCc1cc2ccccc2o1)NCC(C)c1ccsc1. The summed E-state index contributed by atoms with van der Waals surface area (Å²) < 4.78 is 5.80. The summed E-state index contributed by atoms with van der Waals surface area (Å²) in [5.41, 5.74) is 2.27. The number of thiophene rings is 1. The first kappa shape index (κ1) is 15.6. The van der Waals surface area contributed by atoms with Crippen LogP contribution in [0.1, 0.15) is 24.2 Å².